The summed E-state index contributed by atoms with van der Waals surface area (Å²) in [6, 6.07) is 11.5. The second-order valence-electron chi connectivity index (χ2n) is 7.07. The number of phosphoric acid groups is 1. The standard InChI is InChI=1S/C21H20FN4O6P/c22-18-4-1-9-24-21(18)31-16-7-5-14(6-8-16)11-15-12-19(32-25-15)17-3-2-10-26(20(17)23)13-30-33(27,28)29/h1-10,12,20H,11,13,23H2,(H2,27,28,29). The Morgan fingerprint density at radius 3 is 2.76 bits per heavy atom. The van der Waals surface area contributed by atoms with Gasteiger partial charge in [0.1, 0.15) is 18.6 Å². The molecule has 172 valence electrons. The molecule has 0 saturated carbocycles. The average molecular weight is 474 g/mol. The van der Waals surface area contributed by atoms with Gasteiger partial charge in [-0.2, -0.15) is 0 Å². The van der Waals surface area contributed by atoms with E-state index in [1.54, 1.807) is 36.6 Å². The highest BCUT2D eigenvalue weighted by Gasteiger charge is 2.25. The van der Waals surface area contributed by atoms with Crippen LogP contribution in [0.4, 0.5) is 4.39 Å². The second kappa shape index (κ2) is 9.65. The molecule has 3 heterocycles. The molecule has 12 heteroatoms. The maximum absolute atomic E-state index is 13.7. The zero-order valence-corrected chi connectivity index (χ0v) is 18.0. The Morgan fingerprint density at radius 1 is 1.24 bits per heavy atom. The SMILES string of the molecule is NC1C(c2cc(Cc3ccc(Oc4ncccc4F)cc3)no2)=CC=CN1COP(=O)(O)O. The van der Waals surface area contributed by atoms with Crippen LogP contribution < -0.4 is 10.5 Å². The summed E-state index contributed by atoms with van der Waals surface area (Å²) in [5, 5.41) is 4.07. The maximum Gasteiger partial charge on any atom is 0.471 e. The Balaban J connectivity index is 1.39. The van der Waals surface area contributed by atoms with Gasteiger partial charge in [0.2, 0.25) is 0 Å². The first-order valence-corrected chi connectivity index (χ1v) is 11.2. The predicted octanol–water partition coefficient (Wildman–Crippen LogP) is 3.16. The van der Waals surface area contributed by atoms with E-state index in [4.69, 9.17) is 24.8 Å². The van der Waals surface area contributed by atoms with Crippen LogP contribution in [0, 0.1) is 5.82 Å². The molecule has 1 aliphatic heterocycles. The molecule has 1 unspecified atom stereocenters. The Morgan fingerprint density at radius 2 is 2.03 bits per heavy atom. The van der Waals surface area contributed by atoms with Gasteiger partial charge in [-0.25, -0.2) is 13.9 Å². The Hall–Kier alpha value is -3.34. The van der Waals surface area contributed by atoms with E-state index in [0.717, 1.165) is 5.56 Å². The lowest BCUT2D eigenvalue weighted by molar-refractivity contribution is 0.110. The average Bonchev–Trinajstić information content (AvgIpc) is 3.23. The molecule has 0 aliphatic carbocycles. The van der Waals surface area contributed by atoms with Gasteiger partial charge < -0.3 is 29.7 Å². The highest BCUT2D eigenvalue weighted by Crippen LogP contribution is 2.36. The molecule has 1 atom stereocenters. The molecule has 0 saturated heterocycles. The number of hydrogen-bond donors (Lipinski definition) is 3. The van der Waals surface area contributed by atoms with E-state index in [1.807, 2.05) is 12.1 Å². The van der Waals surface area contributed by atoms with E-state index in [2.05, 4.69) is 14.7 Å². The van der Waals surface area contributed by atoms with Gasteiger partial charge in [0.05, 0.1) is 5.69 Å². The summed E-state index contributed by atoms with van der Waals surface area (Å²) in [5.74, 6) is 0.222. The van der Waals surface area contributed by atoms with Crippen molar-refractivity contribution in [2.24, 2.45) is 5.73 Å². The molecule has 4 rings (SSSR count). The predicted molar refractivity (Wildman–Crippen MR) is 115 cm³/mol. The van der Waals surface area contributed by atoms with E-state index < -0.39 is 26.5 Å². The van der Waals surface area contributed by atoms with Gasteiger partial charge in [-0.15, -0.1) is 0 Å². The zero-order chi connectivity index (χ0) is 23.4. The molecule has 0 bridgehead atoms. The maximum atomic E-state index is 13.7. The number of nitrogens with zero attached hydrogens (tertiary/aromatic N) is 3. The number of benzene rings is 1. The van der Waals surface area contributed by atoms with Crippen molar-refractivity contribution in [3.05, 3.63) is 89.8 Å². The molecule has 2 aromatic heterocycles. The molecule has 0 fully saturated rings. The molecule has 0 spiro atoms. The van der Waals surface area contributed by atoms with Crippen LogP contribution in [0.2, 0.25) is 0 Å². The molecule has 0 radical (unpaired) electrons. The first kappa shape index (κ1) is 22.8. The molecule has 0 amide bonds. The fourth-order valence-corrected chi connectivity index (χ4v) is 3.38. The van der Waals surface area contributed by atoms with Crippen molar-refractivity contribution in [2.45, 2.75) is 12.6 Å². The monoisotopic (exact) mass is 474 g/mol. The lowest BCUT2D eigenvalue weighted by Gasteiger charge is -2.30. The highest BCUT2D eigenvalue weighted by atomic mass is 31.2. The lowest BCUT2D eigenvalue weighted by Crippen LogP contribution is -2.41. The van der Waals surface area contributed by atoms with Crippen molar-refractivity contribution in [2.75, 3.05) is 6.73 Å². The smallest absolute Gasteiger partial charge is 0.436 e. The second-order valence-corrected chi connectivity index (χ2v) is 8.31. The van der Waals surface area contributed by atoms with Crippen molar-refractivity contribution in [3.8, 4) is 11.6 Å². The Kier molecular flexibility index (Phi) is 6.68. The fraction of sp³-hybridized carbons (Fsp3) is 0.143. The van der Waals surface area contributed by atoms with Crippen LogP contribution in [-0.2, 0) is 15.5 Å². The van der Waals surface area contributed by atoms with Crippen molar-refractivity contribution >= 4 is 13.4 Å². The third-order valence-electron chi connectivity index (χ3n) is 4.70. The van der Waals surface area contributed by atoms with Crippen molar-refractivity contribution in [1.82, 2.24) is 15.0 Å². The first-order chi connectivity index (χ1) is 15.8. The number of ether oxygens (including phenoxy) is 1. The van der Waals surface area contributed by atoms with Gasteiger partial charge in [-0.3, -0.25) is 4.52 Å². The third-order valence-corrected chi connectivity index (χ3v) is 5.15. The quantitative estimate of drug-likeness (QED) is 0.416. The topological polar surface area (TPSA) is 144 Å². The van der Waals surface area contributed by atoms with Crippen LogP contribution in [0.5, 0.6) is 11.6 Å². The minimum Gasteiger partial charge on any atom is -0.436 e. The van der Waals surface area contributed by atoms with Crippen LogP contribution in [0.3, 0.4) is 0 Å². The number of pyridine rings is 1. The summed E-state index contributed by atoms with van der Waals surface area (Å²) >= 11 is 0. The van der Waals surface area contributed by atoms with E-state index >= 15 is 0 Å². The first-order valence-electron chi connectivity index (χ1n) is 9.71. The van der Waals surface area contributed by atoms with Crippen molar-refractivity contribution in [3.63, 3.8) is 0 Å². The summed E-state index contributed by atoms with van der Waals surface area (Å²) in [6.45, 7) is -0.392. The number of hydrogen-bond acceptors (Lipinski definition) is 8. The van der Waals surface area contributed by atoms with Crippen molar-refractivity contribution < 1.29 is 32.5 Å². The van der Waals surface area contributed by atoms with Crippen LogP contribution >= 0.6 is 7.82 Å². The van der Waals surface area contributed by atoms with Gasteiger partial charge in [0.15, 0.2) is 11.6 Å². The molecule has 33 heavy (non-hydrogen) atoms. The van der Waals surface area contributed by atoms with Gasteiger partial charge in [-0.05, 0) is 35.9 Å². The summed E-state index contributed by atoms with van der Waals surface area (Å²) in [5.41, 5.74) is 8.32. The summed E-state index contributed by atoms with van der Waals surface area (Å²) in [4.78, 5) is 23.1. The number of rotatable bonds is 8. The summed E-state index contributed by atoms with van der Waals surface area (Å²) in [6.07, 6.45) is 6.11. The third kappa shape index (κ3) is 5.92. The van der Waals surface area contributed by atoms with Crippen molar-refractivity contribution in [1.29, 1.82) is 0 Å². The van der Waals surface area contributed by atoms with E-state index in [9.17, 15) is 8.96 Å². The van der Waals surface area contributed by atoms with Gasteiger partial charge in [-0.1, -0.05) is 23.4 Å². The van der Waals surface area contributed by atoms with E-state index in [-0.39, 0.29) is 5.88 Å². The Bertz CT molecular complexity index is 1220. The normalized spacial score (nSPS) is 16.1. The molecule has 1 aromatic carbocycles. The molecule has 3 aromatic rings. The zero-order valence-electron chi connectivity index (χ0n) is 17.1. The molecule has 4 N–H and O–H groups in total. The van der Waals surface area contributed by atoms with E-state index in [1.165, 1.54) is 23.2 Å². The number of nitrogens with two attached hydrogens (primary N) is 1. The van der Waals surface area contributed by atoms with Crippen LogP contribution in [0.25, 0.3) is 5.57 Å². The van der Waals surface area contributed by atoms with Crippen LogP contribution in [0.1, 0.15) is 17.0 Å². The van der Waals surface area contributed by atoms with Crippen LogP contribution in [0.15, 0.2) is 71.5 Å². The summed E-state index contributed by atoms with van der Waals surface area (Å²) < 4.78 is 40.0. The molecular weight excluding hydrogens is 454 g/mol. The largest absolute Gasteiger partial charge is 0.471 e. The number of allylic oxidation sites excluding steroid dienone is 2. The lowest BCUT2D eigenvalue weighted by atomic mass is 10.1. The highest BCUT2D eigenvalue weighted by molar-refractivity contribution is 7.46. The molecule has 10 nitrogen and oxygen atoms in total. The van der Waals surface area contributed by atoms with Gasteiger partial charge in [0.25, 0.3) is 5.88 Å². The minimum absolute atomic E-state index is 0.0993. The number of halogens is 1. The fourth-order valence-electron chi connectivity index (χ4n) is 3.09. The minimum atomic E-state index is -4.63. The van der Waals surface area contributed by atoms with E-state index in [0.29, 0.717) is 29.2 Å². The number of phosphoric ester groups is 1. The number of aromatic nitrogens is 2. The van der Waals surface area contributed by atoms with Gasteiger partial charge in [0, 0.05) is 30.5 Å². The summed E-state index contributed by atoms with van der Waals surface area (Å²) in [7, 11) is -4.63. The Labute approximate surface area is 188 Å². The van der Waals surface area contributed by atoms with Crippen LogP contribution in [-0.4, -0.2) is 37.7 Å². The molecular formula is C21H20FN4O6P. The molecule has 1 aliphatic rings. The van der Waals surface area contributed by atoms with Gasteiger partial charge >= 0.3 is 7.82 Å².